The third kappa shape index (κ3) is 6.33. The number of aryl methyl sites for hydroxylation is 1. The number of rotatable bonds is 9. The molecule has 2 aromatic rings. The summed E-state index contributed by atoms with van der Waals surface area (Å²) in [5.74, 6) is 2.35. The van der Waals surface area contributed by atoms with Gasteiger partial charge in [0.1, 0.15) is 5.82 Å². The summed E-state index contributed by atoms with van der Waals surface area (Å²) in [6, 6.07) is 14.6. The van der Waals surface area contributed by atoms with Crippen molar-refractivity contribution in [3.63, 3.8) is 0 Å². The number of hydrogen-bond donors (Lipinski definition) is 0. The summed E-state index contributed by atoms with van der Waals surface area (Å²) < 4.78 is 41.8. The van der Waals surface area contributed by atoms with Crippen LogP contribution in [-0.2, 0) is 20.7 Å². The maximum Gasteiger partial charge on any atom is 0.296 e. The van der Waals surface area contributed by atoms with Crippen LogP contribution in [-0.4, -0.2) is 15.0 Å². The molecule has 132 valence electrons. The van der Waals surface area contributed by atoms with Gasteiger partial charge in [-0.3, -0.25) is 4.18 Å². The largest absolute Gasteiger partial charge is 0.296 e. The molecule has 2 rings (SSSR count). The molecule has 0 saturated carbocycles. The van der Waals surface area contributed by atoms with Crippen molar-refractivity contribution in [2.24, 2.45) is 5.92 Å². The fourth-order valence-electron chi connectivity index (χ4n) is 2.46. The van der Waals surface area contributed by atoms with Gasteiger partial charge >= 0.3 is 0 Å². The van der Waals surface area contributed by atoms with Crippen LogP contribution in [0.15, 0.2) is 59.5 Å². The molecule has 0 saturated heterocycles. The lowest BCUT2D eigenvalue weighted by molar-refractivity contribution is 0.300. The van der Waals surface area contributed by atoms with Gasteiger partial charge in [-0.05, 0) is 55.5 Å². The summed E-state index contributed by atoms with van der Waals surface area (Å²) in [7, 11) is -3.86. The highest BCUT2D eigenvalue weighted by atomic mass is 32.2. The van der Waals surface area contributed by atoms with Gasteiger partial charge in [0.25, 0.3) is 10.1 Å². The van der Waals surface area contributed by atoms with Crippen LogP contribution in [0.4, 0.5) is 4.39 Å². The van der Waals surface area contributed by atoms with E-state index in [-0.39, 0.29) is 17.4 Å². The topological polar surface area (TPSA) is 43.4 Å². The van der Waals surface area contributed by atoms with E-state index in [1.807, 2.05) is 18.2 Å². The Morgan fingerprint density at radius 3 is 2.36 bits per heavy atom. The zero-order chi connectivity index (χ0) is 18.1. The highest BCUT2D eigenvalue weighted by Crippen LogP contribution is 2.17. The molecule has 0 aliphatic heterocycles. The molecule has 0 N–H and O–H groups in total. The maximum absolute atomic E-state index is 12.9. The summed E-state index contributed by atoms with van der Waals surface area (Å²) in [6.07, 6.45) is 8.55. The summed E-state index contributed by atoms with van der Waals surface area (Å²) >= 11 is 0. The molecule has 0 fully saturated rings. The second kappa shape index (κ2) is 9.36. The normalized spacial score (nSPS) is 12.5. The Bertz CT molecular complexity index is 793. The Balaban J connectivity index is 1.75. The van der Waals surface area contributed by atoms with E-state index in [2.05, 4.69) is 18.1 Å². The molecule has 0 bridgehead atoms. The Morgan fingerprint density at radius 2 is 1.72 bits per heavy atom. The van der Waals surface area contributed by atoms with Gasteiger partial charge in [-0.2, -0.15) is 8.42 Å². The minimum Gasteiger partial charge on any atom is -0.266 e. The highest BCUT2D eigenvalue weighted by Gasteiger charge is 2.15. The molecule has 0 heterocycles. The quantitative estimate of drug-likeness (QED) is 0.382. The first-order chi connectivity index (χ1) is 12.0. The van der Waals surface area contributed by atoms with E-state index < -0.39 is 15.9 Å². The van der Waals surface area contributed by atoms with E-state index in [0.29, 0.717) is 12.8 Å². The second-order valence-corrected chi connectivity index (χ2v) is 7.38. The van der Waals surface area contributed by atoms with E-state index in [1.165, 1.54) is 17.7 Å². The van der Waals surface area contributed by atoms with E-state index >= 15 is 0 Å². The highest BCUT2D eigenvalue weighted by molar-refractivity contribution is 7.86. The van der Waals surface area contributed by atoms with Crippen LogP contribution in [0.5, 0.6) is 0 Å². The third-order valence-corrected chi connectivity index (χ3v) is 5.22. The lowest BCUT2D eigenvalue weighted by atomic mass is 9.96. The molecule has 0 aliphatic rings. The van der Waals surface area contributed by atoms with Gasteiger partial charge in [0.05, 0.1) is 11.5 Å². The van der Waals surface area contributed by atoms with Gasteiger partial charge in [0.2, 0.25) is 0 Å². The second-order valence-electron chi connectivity index (χ2n) is 5.76. The number of hydrogen-bond acceptors (Lipinski definition) is 3. The van der Waals surface area contributed by atoms with Crippen molar-refractivity contribution < 1.29 is 17.0 Å². The Morgan fingerprint density at radius 1 is 1.04 bits per heavy atom. The Kier molecular flexibility index (Phi) is 7.17. The van der Waals surface area contributed by atoms with Crippen LogP contribution >= 0.6 is 0 Å². The van der Waals surface area contributed by atoms with Crippen LogP contribution in [0.25, 0.3) is 0 Å². The zero-order valence-electron chi connectivity index (χ0n) is 13.9. The van der Waals surface area contributed by atoms with Crippen molar-refractivity contribution in [3.05, 3.63) is 66.0 Å². The Labute approximate surface area is 149 Å². The predicted molar refractivity (Wildman–Crippen MR) is 95.9 cm³/mol. The molecule has 0 spiro atoms. The molecule has 5 heteroatoms. The van der Waals surface area contributed by atoms with Gasteiger partial charge < -0.3 is 0 Å². The van der Waals surface area contributed by atoms with Crippen molar-refractivity contribution >= 4 is 10.1 Å². The fourth-order valence-corrected chi connectivity index (χ4v) is 3.41. The molecular formula is C20H21FO3S. The van der Waals surface area contributed by atoms with Crippen molar-refractivity contribution in [2.45, 2.75) is 30.6 Å². The van der Waals surface area contributed by atoms with Crippen LogP contribution in [0.1, 0.15) is 24.8 Å². The number of benzene rings is 2. The monoisotopic (exact) mass is 360 g/mol. The maximum atomic E-state index is 12.9. The van der Waals surface area contributed by atoms with Gasteiger partial charge in [0.15, 0.2) is 0 Å². The van der Waals surface area contributed by atoms with Crippen LogP contribution in [0, 0.1) is 24.1 Å². The van der Waals surface area contributed by atoms with Crippen LogP contribution in [0.2, 0.25) is 0 Å². The summed E-state index contributed by atoms with van der Waals surface area (Å²) in [5, 5.41) is 0. The lowest BCUT2D eigenvalue weighted by Gasteiger charge is -2.11. The first-order valence-electron chi connectivity index (χ1n) is 8.16. The SMILES string of the molecule is C#CC(CCCOS(=O)(=O)c1ccc(F)cc1)CCc1ccccc1. The van der Waals surface area contributed by atoms with E-state index in [1.54, 1.807) is 0 Å². The molecule has 25 heavy (non-hydrogen) atoms. The van der Waals surface area contributed by atoms with Crippen molar-refractivity contribution in [3.8, 4) is 12.3 Å². The van der Waals surface area contributed by atoms with E-state index in [4.69, 9.17) is 10.6 Å². The molecule has 0 aromatic heterocycles. The van der Waals surface area contributed by atoms with Gasteiger partial charge in [0, 0.05) is 5.92 Å². The first kappa shape index (κ1) is 19.2. The molecule has 3 nitrogen and oxygen atoms in total. The van der Waals surface area contributed by atoms with Crippen molar-refractivity contribution in [1.29, 1.82) is 0 Å². The standard InChI is InChI=1S/C20H21FO3S/c1-2-17(10-11-18-7-4-3-5-8-18)9-6-16-24-25(22,23)20-14-12-19(21)13-15-20/h1,3-5,7-8,12-15,17H,6,9-11,16H2. The number of terminal acetylenes is 1. The molecular weight excluding hydrogens is 339 g/mol. The molecule has 0 radical (unpaired) electrons. The van der Waals surface area contributed by atoms with Gasteiger partial charge in [-0.1, -0.05) is 30.3 Å². The predicted octanol–water partition coefficient (Wildman–Crippen LogP) is 4.19. The lowest BCUT2D eigenvalue weighted by Crippen LogP contribution is -2.09. The smallest absolute Gasteiger partial charge is 0.266 e. The molecule has 1 unspecified atom stereocenters. The average molecular weight is 360 g/mol. The summed E-state index contributed by atoms with van der Waals surface area (Å²) in [5.41, 5.74) is 1.23. The molecule has 2 aromatic carbocycles. The first-order valence-corrected chi connectivity index (χ1v) is 9.57. The molecule has 1 atom stereocenters. The van der Waals surface area contributed by atoms with Gasteiger partial charge in [-0.25, -0.2) is 4.39 Å². The summed E-state index contributed by atoms with van der Waals surface area (Å²) in [6.45, 7) is 0.0588. The third-order valence-electron chi connectivity index (χ3n) is 3.90. The van der Waals surface area contributed by atoms with Gasteiger partial charge in [-0.15, -0.1) is 12.3 Å². The minimum absolute atomic E-state index is 0.0496. The fraction of sp³-hybridized carbons (Fsp3) is 0.300. The van der Waals surface area contributed by atoms with E-state index in [0.717, 1.165) is 25.0 Å². The summed E-state index contributed by atoms with van der Waals surface area (Å²) in [4.78, 5) is -0.0496. The number of halogens is 1. The van der Waals surface area contributed by atoms with E-state index in [9.17, 15) is 12.8 Å². The Hall–Kier alpha value is -2.16. The van der Waals surface area contributed by atoms with Crippen molar-refractivity contribution in [1.82, 2.24) is 0 Å². The molecule has 0 aliphatic carbocycles. The van der Waals surface area contributed by atoms with Crippen LogP contribution < -0.4 is 0 Å². The van der Waals surface area contributed by atoms with Crippen molar-refractivity contribution in [2.75, 3.05) is 6.61 Å². The van der Waals surface area contributed by atoms with Crippen LogP contribution in [0.3, 0.4) is 0 Å². The minimum atomic E-state index is -3.86. The zero-order valence-corrected chi connectivity index (χ0v) is 14.7. The molecule has 0 amide bonds. The average Bonchev–Trinajstić information content (AvgIpc) is 2.62.